The maximum absolute atomic E-state index is 7.86. The molecule has 5 nitrogen and oxygen atoms in total. The van der Waals surface area contributed by atoms with Crippen LogP contribution in [0, 0.1) is 5.41 Å². The van der Waals surface area contributed by atoms with E-state index in [1.54, 1.807) is 11.9 Å². The molecule has 0 radical (unpaired) electrons. The summed E-state index contributed by atoms with van der Waals surface area (Å²) in [7, 11) is 1.63. The fourth-order valence-corrected chi connectivity index (χ4v) is 1.24. The van der Waals surface area contributed by atoms with Crippen LogP contribution in [0.25, 0.3) is 0 Å². The van der Waals surface area contributed by atoms with Crippen LogP contribution in [0.2, 0.25) is 0 Å². The molecule has 0 spiro atoms. The first kappa shape index (κ1) is 12.5. The monoisotopic (exact) mass is 222 g/mol. The minimum atomic E-state index is 0.194. The molecule has 16 heavy (non-hydrogen) atoms. The molecule has 1 aromatic rings. The highest BCUT2D eigenvalue weighted by atomic mass is 16.5. The van der Waals surface area contributed by atoms with E-state index in [4.69, 9.17) is 16.0 Å². The molecule has 0 atom stereocenters. The van der Waals surface area contributed by atoms with Gasteiger partial charge in [-0.2, -0.15) is 0 Å². The summed E-state index contributed by atoms with van der Waals surface area (Å²) in [4.78, 5) is 1.70. The summed E-state index contributed by atoms with van der Waals surface area (Å²) in [5, 5.41) is 9.12. The molecule has 0 aliphatic carbocycles. The normalized spacial score (nSPS) is 9.94. The molecule has 1 rings (SSSR count). The van der Waals surface area contributed by atoms with E-state index in [2.05, 4.69) is 0 Å². The van der Waals surface area contributed by atoms with Gasteiger partial charge < -0.3 is 4.74 Å². The molecule has 0 saturated carbocycles. The molecule has 0 bridgehead atoms. The average Bonchev–Trinajstić information content (AvgIpc) is 2.30. The lowest BCUT2D eigenvalue weighted by Crippen LogP contribution is -2.46. The lowest BCUT2D eigenvalue weighted by molar-refractivity contribution is 0.154. The topological polar surface area (TPSA) is 65.6 Å². The molecule has 3 N–H and O–H groups in total. The third kappa shape index (κ3) is 3.22. The lowest BCUT2D eigenvalue weighted by atomic mass is 10.3. The van der Waals surface area contributed by atoms with Crippen molar-refractivity contribution in [3.8, 4) is 0 Å². The zero-order valence-corrected chi connectivity index (χ0v) is 9.68. The number of anilines is 1. The molecule has 0 unspecified atom stereocenters. The number of ether oxygens (including phenoxy) is 1. The predicted molar refractivity (Wildman–Crippen MR) is 65.1 cm³/mol. The number of benzene rings is 1. The van der Waals surface area contributed by atoms with Crippen LogP contribution in [0.5, 0.6) is 0 Å². The highest BCUT2D eigenvalue weighted by Gasteiger charge is 2.13. The van der Waals surface area contributed by atoms with Crippen molar-refractivity contribution in [2.75, 3.05) is 25.3 Å². The molecule has 1 aromatic carbocycles. The van der Waals surface area contributed by atoms with Crippen molar-refractivity contribution in [2.45, 2.75) is 6.92 Å². The van der Waals surface area contributed by atoms with Gasteiger partial charge in [0.05, 0.1) is 0 Å². The van der Waals surface area contributed by atoms with Crippen LogP contribution in [0.1, 0.15) is 6.92 Å². The number of hydrogen-bond acceptors (Lipinski definition) is 3. The Labute approximate surface area is 95.9 Å². The first-order valence-corrected chi connectivity index (χ1v) is 5.14. The molecule has 0 aliphatic heterocycles. The largest absolute Gasteiger partial charge is 0.361 e. The number of nitrogens with zero attached hydrogens (tertiary/aromatic N) is 2. The van der Waals surface area contributed by atoms with Crippen LogP contribution in [-0.4, -0.2) is 31.4 Å². The number of guanidine groups is 1. The van der Waals surface area contributed by atoms with Gasteiger partial charge in [-0.1, -0.05) is 18.2 Å². The average molecular weight is 222 g/mol. The van der Waals surface area contributed by atoms with Gasteiger partial charge in [-0.15, -0.1) is 0 Å². The van der Waals surface area contributed by atoms with Gasteiger partial charge in [0, 0.05) is 19.3 Å². The van der Waals surface area contributed by atoms with Gasteiger partial charge in [0.15, 0.2) is 0 Å². The second-order valence-electron chi connectivity index (χ2n) is 3.32. The quantitative estimate of drug-likeness (QED) is 0.264. The Morgan fingerprint density at radius 3 is 2.50 bits per heavy atom. The van der Waals surface area contributed by atoms with Crippen molar-refractivity contribution in [1.29, 1.82) is 5.41 Å². The fourth-order valence-electron chi connectivity index (χ4n) is 1.24. The van der Waals surface area contributed by atoms with Crippen LogP contribution in [-0.2, 0) is 4.74 Å². The summed E-state index contributed by atoms with van der Waals surface area (Å²) >= 11 is 0. The number of hydrazine groups is 1. The number of hydrogen-bond donors (Lipinski definition) is 2. The molecular weight excluding hydrogens is 204 g/mol. The fraction of sp³-hybridized carbons (Fsp3) is 0.364. The van der Waals surface area contributed by atoms with Crippen LogP contribution in [0.3, 0.4) is 0 Å². The summed E-state index contributed by atoms with van der Waals surface area (Å²) < 4.78 is 5.32. The predicted octanol–water partition coefficient (Wildman–Crippen LogP) is 1.23. The van der Waals surface area contributed by atoms with Crippen molar-refractivity contribution in [1.82, 2.24) is 5.01 Å². The molecule has 0 fully saturated rings. The van der Waals surface area contributed by atoms with E-state index >= 15 is 0 Å². The SMILES string of the molecule is CCOCN(C(=N)N(C)N)c1ccccc1. The zero-order valence-electron chi connectivity index (χ0n) is 9.68. The Bertz CT molecular complexity index is 326. The van der Waals surface area contributed by atoms with Crippen LogP contribution in [0.15, 0.2) is 30.3 Å². The van der Waals surface area contributed by atoms with Gasteiger partial charge >= 0.3 is 0 Å². The van der Waals surface area contributed by atoms with E-state index < -0.39 is 0 Å². The minimum Gasteiger partial charge on any atom is -0.361 e. The Kier molecular flexibility index (Phi) is 4.75. The van der Waals surface area contributed by atoms with Gasteiger partial charge in [-0.25, -0.2) is 5.84 Å². The van der Waals surface area contributed by atoms with Crippen LogP contribution in [0.4, 0.5) is 5.69 Å². The molecule has 0 saturated heterocycles. The molecule has 5 heteroatoms. The maximum atomic E-state index is 7.86. The van der Waals surface area contributed by atoms with Gasteiger partial charge in [0.2, 0.25) is 5.96 Å². The first-order valence-electron chi connectivity index (χ1n) is 5.14. The molecule has 0 aliphatic rings. The molecule has 88 valence electrons. The Hall–Kier alpha value is -1.59. The lowest BCUT2D eigenvalue weighted by Gasteiger charge is -2.28. The van der Waals surface area contributed by atoms with E-state index in [-0.39, 0.29) is 5.96 Å². The molecule has 0 aromatic heterocycles. The van der Waals surface area contributed by atoms with Gasteiger partial charge in [-0.05, 0) is 19.1 Å². The van der Waals surface area contributed by atoms with Crippen molar-refractivity contribution < 1.29 is 4.74 Å². The summed E-state index contributed by atoms with van der Waals surface area (Å²) in [5.74, 6) is 5.75. The Morgan fingerprint density at radius 2 is 2.00 bits per heavy atom. The van der Waals surface area contributed by atoms with E-state index in [0.29, 0.717) is 13.3 Å². The third-order valence-corrected chi connectivity index (χ3v) is 2.08. The molecule has 0 heterocycles. The van der Waals surface area contributed by atoms with Gasteiger partial charge in [0.25, 0.3) is 0 Å². The van der Waals surface area contributed by atoms with E-state index in [1.807, 2.05) is 37.3 Å². The highest BCUT2D eigenvalue weighted by Crippen LogP contribution is 2.13. The number of para-hydroxylation sites is 1. The van der Waals surface area contributed by atoms with Gasteiger partial charge in [-0.3, -0.25) is 15.3 Å². The number of nitrogens with one attached hydrogen (secondary N) is 1. The van der Waals surface area contributed by atoms with Crippen molar-refractivity contribution in [3.63, 3.8) is 0 Å². The smallest absolute Gasteiger partial charge is 0.214 e. The maximum Gasteiger partial charge on any atom is 0.214 e. The van der Waals surface area contributed by atoms with Crippen LogP contribution >= 0.6 is 0 Å². The standard InChI is InChI=1S/C11H18N4O/c1-3-16-9-15(11(12)14(2)13)10-7-5-4-6-8-10/h4-8,12H,3,9,13H2,1-2H3. The summed E-state index contributed by atoms with van der Waals surface area (Å²) in [5.41, 5.74) is 0.887. The van der Waals surface area contributed by atoms with Crippen molar-refractivity contribution >= 4 is 11.6 Å². The van der Waals surface area contributed by atoms with E-state index in [1.165, 1.54) is 5.01 Å². The Balaban J connectivity index is 2.83. The zero-order chi connectivity index (χ0) is 12.0. The second-order valence-corrected chi connectivity index (χ2v) is 3.32. The van der Waals surface area contributed by atoms with Crippen molar-refractivity contribution in [2.24, 2.45) is 5.84 Å². The van der Waals surface area contributed by atoms with Crippen molar-refractivity contribution in [3.05, 3.63) is 30.3 Å². The van der Waals surface area contributed by atoms with E-state index in [0.717, 1.165) is 5.69 Å². The second kappa shape index (κ2) is 6.09. The van der Waals surface area contributed by atoms with Gasteiger partial charge in [0.1, 0.15) is 6.73 Å². The number of rotatable bonds is 4. The van der Waals surface area contributed by atoms with Crippen LogP contribution < -0.4 is 10.7 Å². The first-order chi connectivity index (χ1) is 7.66. The summed E-state index contributed by atoms with van der Waals surface area (Å²) in [6.45, 7) is 2.84. The summed E-state index contributed by atoms with van der Waals surface area (Å²) in [6, 6.07) is 9.59. The van der Waals surface area contributed by atoms with E-state index in [9.17, 15) is 0 Å². The third-order valence-electron chi connectivity index (χ3n) is 2.08. The minimum absolute atomic E-state index is 0.194. The Morgan fingerprint density at radius 1 is 1.38 bits per heavy atom. The summed E-state index contributed by atoms with van der Waals surface area (Å²) in [6.07, 6.45) is 0. The highest BCUT2D eigenvalue weighted by molar-refractivity contribution is 5.92. The number of nitrogens with two attached hydrogens (primary N) is 1. The molecular formula is C11H18N4O. The molecule has 0 amide bonds.